The smallest absolute Gasteiger partial charge is 0.399 e. The molecule has 0 amide bonds. The van der Waals surface area contributed by atoms with Gasteiger partial charge in [0.1, 0.15) is 0 Å². The van der Waals surface area contributed by atoms with Gasteiger partial charge < -0.3 is 19.5 Å². The van der Waals surface area contributed by atoms with E-state index in [-0.39, 0.29) is 5.69 Å². The average Bonchev–Trinajstić information content (AvgIpc) is 2.79. The molecular formula is C17H27BN2O2. The molecule has 2 fully saturated rings. The molecule has 2 aliphatic heterocycles. The molecular weight excluding hydrogens is 275 g/mol. The minimum Gasteiger partial charge on any atom is -0.399 e. The lowest BCUT2D eigenvalue weighted by Crippen LogP contribution is -2.50. The van der Waals surface area contributed by atoms with Crippen molar-refractivity contribution in [1.82, 2.24) is 5.32 Å². The van der Waals surface area contributed by atoms with Crippen molar-refractivity contribution in [1.29, 1.82) is 0 Å². The highest BCUT2D eigenvalue weighted by atomic mass is 16.7. The van der Waals surface area contributed by atoms with Gasteiger partial charge in [-0.15, -0.1) is 0 Å². The normalized spacial score (nSPS) is 44.7. The van der Waals surface area contributed by atoms with Crippen LogP contribution in [0.2, 0.25) is 0 Å². The summed E-state index contributed by atoms with van der Waals surface area (Å²) in [6.07, 6.45) is 0. The summed E-state index contributed by atoms with van der Waals surface area (Å²) in [6, 6.07) is 2.53. The Kier molecular flexibility index (Phi) is 1.94. The molecule has 0 saturated carbocycles. The van der Waals surface area contributed by atoms with Gasteiger partial charge in [0.05, 0.1) is 15.3 Å². The summed E-state index contributed by atoms with van der Waals surface area (Å²) in [7, 11) is -0.879. The van der Waals surface area contributed by atoms with Crippen molar-refractivity contribution in [2.75, 3.05) is 24.4 Å². The molecule has 22 heavy (non-hydrogen) atoms. The van der Waals surface area contributed by atoms with Crippen molar-refractivity contribution < 1.29 is 23.0 Å². The van der Waals surface area contributed by atoms with Crippen LogP contribution in [0.4, 0.5) is 5.69 Å². The summed E-state index contributed by atoms with van der Waals surface area (Å²) >= 11 is 0. The molecule has 0 spiro atoms. The fourth-order valence-corrected chi connectivity index (χ4v) is 2.27. The first kappa shape index (κ1) is 7.69. The Balaban J connectivity index is 2.19. The molecule has 3 rings (SSSR count). The van der Waals surface area contributed by atoms with Gasteiger partial charge in [0, 0.05) is 40.8 Å². The van der Waals surface area contributed by atoms with Crippen molar-refractivity contribution in [3.05, 3.63) is 24.3 Å². The molecule has 1 unspecified atom stereocenters. The summed E-state index contributed by atoms with van der Waals surface area (Å²) < 4.78 is 93.5. The zero-order chi connectivity index (χ0) is 24.8. The molecule has 1 aromatic carbocycles. The Labute approximate surface area is 148 Å². The maximum absolute atomic E-state index is 8.66. The van der Waals surface area contributed by atoms with E-state index in [2.05, 4.69) is 0 Å². The van der Waals surface area contributed by atoms with Crippen LogP contribution < -0.4 is 15.7 Å². The van der Waals surface area contributed by atoms with E-state index in [1.54, 1.807) is 11.4 Å². The SMILES string of the molecule is [2H]C([2H])([2H])C1([2H])N(c2cccc(B3OC(C)(C)C(C)(C)O3)c2)C([2H])([2H])C([2H])([2H])NC1([2H])[2H]. The lowest BCUT2D eigenvalue weighted by Gasteiger charge is -2.36. The molecule has 5 heteroatoms. The van der Waals surface area contributed by atoms with Gasteiger partial charge in [-0.3, -0.25) is 0 Å². The van der Waals surface area contributed by atoms with E-state index in [9.17, 15) is 0 Å². The van der Waals surface area contributed by atoms with Crippen LogP contribution in [0, 0.1) is 0 Å². The van der Waals surface area contributed by atoms with Crippen LogP contribution in [0.15, 0.2) is 24.3 Å². The van der Waals surface area contributed by atoms with Crippen molar-refractivity contribution >= 4 is 18.3 Å². The van der Waals surface area contributed by atoms with Gasteiger partial charge in [0.25, 0.3) is 0 Å². The molecule has 1 aromatic rings. The standard InChI is InChI=1S/C17H27BN2O2/c1-13-12-19-9-10-20(13)15-8-6-7-14(11-15)18-21-16(2,3)17(4,5)22-18/h6-8,11,13,19H,9-10,12H2,1-5H3/i1D3,9D2,10D2,12D2,13D. The van der Waals surface area contributed by atoms with Gasteiger partial charge in [-0.25, -0.2) is 0 Å². The number of piperazine rings is 1. The van der Waals surface area contributed by atoms with E-state index in [1.165, 1.54) is 18.2 Å². The second-order valence-electron chi connectivity index (χ2n) is 6.35. The summed E-state index contributed by atoms with van der Waals surface area (Å²) in [5.41, 5.74) is -1.15. The monoisotopic (exact) mass is 312 g/mol. The van der Waals surface area contributed by atoms with E-state index in [0.717, 1.165) is 0 Å². The van der Waals surface area contributed by atoms with Gasteiger partial charge >= 0.3 is 7.12 Å². The van der Waals surface area contributed by atoms with E-state index in [0.29, 0.717) is 10.4 Å². The van der Waals surface area contributed by atoms with Crippen molar-refractivity contribution in [2.45, 2.75) is 51.8 Å². The lowest BCUT2D eigenvalue weighted by atomic mass is 9.79. The third kappa shape index (κ3) is 2.77. The van der Waals surface area contributed by atoms with Crippen molar-refractivity contribution in [3.8, 4) is 0 Å². The zero-order valence-electron chi connectivity index (χ0n) is 23.2. The topological polar surface area (TPSA) is 33.7 Å². The van der Waals surface area contributed by atoms with E-state index < -0.39 is 50.7 Å². The van der Waals surface area contributed by atoms with Crippen LogP contribution in [-0.2, 0) is 9.31 Å². The maximum Gasteiger partial charge on any atom is 0.494 e. The van der Waals surface area contributed by atoms with E-state index in [4.69, 9.17) is 23.0 Å². The Morgan fingerprint density at radius 2 is 2.09 bits per heavy atom. The zero-order valence-corrected chi connectivity index (χ0v) is 13.2. The average molecular weight is 312 g/mol. The Morgan fingerprint density at radius 1 is 1.36 bits per heavy atom. The molecule has 0 aliphatic carbocycles. The Bertz CT molecular complexity index is 892. The van der Waals surface area contributed by atoms with E-state index in [1.807, 2.05) is 27.7 Å². The number of nitrogens with zero attached hydrogens (tertiary/aromatic N) is 1. The predicted octanol–water partition coefficient (Wildman–Crippen LogP) is 1.78. The number of nitrogens with one attached hydrogen (secondary N) is 1. The van der Waals surface area contributed by atoms with Gasteiger partial charge in [0.2, 0.25) is 0 Å². The number of benzene rings is 1. The van der Waals surface area contributed by atoms with Crippen LogP contribution in [0.25, 0.3) is 0 Å². The third-order valence-electron chi connectivity index (χ3n) is 4.29. The molecule has 1 atom stereocenters. The molecule has 0 bridgehead atoms. The first-order chi connectivity index (χ1) is 14.1. The van der Waals surface area contributed by atoms with Crippen LogP contribution >= 0.6 is 0 Å². The number of hydrogen-bond donors (Lipinski definition) is 1. The molecule has 0 aromatic heterocycles. The third-order valence-corrected chi connectivity index (χ3v) is 4.29. The predicted molar refractivity (Wildman–Crippen MR) is 91.8 cm³/mol. The van der Waals surface area contributed by atoms with E-state index >= 15 is 0 Å². The molecule has 1 N–H and O–H groups in total. The second-order valence-corrected chi connectivity index (χ2v) is 6.35. The summed E-state index contributed by atoms with van der Waals surface area (Å²) in [5.74, 6) is 0. The van der Waals surface area contributed by atoms with Gasteiger partial charge in [0.15, 0.2) is 0 Å². The Hall–Kier alpha value is -1.04. The molecule has 2 saturated heterocycles. The molecule has 0 radical (unpaired) electrons. The molecule has 2 aliphatic rings. The minimum absolute atomic E-state index is 0.192. The minimum atomic E-state index is -3.35. The quantitative estimate of drug-likeness (QED) is 0.844. The lowest BCUT2D eigenvalue weighted by molar-refractivity contribution is 0.00578. The largest absolute Gasteiger partial charge is 0.494 e. The van der Waals surface area contributed by atoms with Crippen LogP contribution in [0.3, 0.4) is 0 Å². The maximum atomic E-state index is 8.66. The number of anilines is 1. The van der Waals surface area contributed by atoms with Crippen molar-refractivity contribution in [3.63, 3.8) is 0 Å². The number of rotatable bonds is 2. The van der Waals surface area contributed by atoms with Crippen LogP contribution in [0.1, 0.15) is 48.3 Å². The summed E-state index contributed by atoms with van der Waals surface area (Å²) in [6.45, 7) is -5.25. The number of hydrogen-bond acceptors (Lipinski definition) is 4. The van der Waals surface area contributed by atoms with Gasteiger partial charge in [-0.05, 0) is 52.1 Å². The fraction of sp³-hybridized carbons (Fsp3) is 0.647. The highest BCUT2D eigenvalue weighted by Crippen LogP contribution is 2.36. The second kappa shape index (κ2) is 5.55. The highest BCUT2D eigenvalue weighted by Gasteiger charge is 2.51. The van der Waals surface area contributed by atoms with Gasteiger partial charge in [-0.1, -0.05) is 12.1 Å². The van der Waals surface area contributed by atoms with Crippen LogP contribution in [-0.4, -0.2) is 43.8 Å². The summed E-state index contributed by atoms with van der Waals surface area (Å²) in [5, 5.41) is 1.76. The fourth-order valence-electron chi connectivity index (χ4n) is 2.27. The molecule has 120 valence electrons. The van der Waals surface area contributed by atoms with Crippen LogP contribution in [0.5, 0.6) is 0 Å². The first-order valence-electron chi connectivity index (χ1n) is 12.2. The first-order valence-corrected chi connectivity index (χ1v) is 7.16. The Morgan fingerprint density at radius 3 is 2.77 bits per heavy atom. The summed E-state index contributed by atoms with van der Waals surface area (Å²) in [4.78, 5) is 0.359. The van der Waals surface area contributed by atoms with Crippen molar-refractivity contribution in [2.24, 2.45) is 0 Å². The van der Waals surface area contributed by atoms with Gasteiger partial charge in [-0.2, -0.15) is 0 Å². The molecule has 2 heterocycles. The highest BCUT2D eigenvalue weighted by molar-refractivity contribution is 6.62. The molecule has 4 nitrogen and oxygen atoms in total.